The maximum atomic E-state index is 12.7. The van der Waals surface area contributed by atoms with Crippen LogP contribution in [0.4, 0.5) is 5.69 Å². The lowest BCUT2D eigenvalue weighted by atomic mass is 9.96. The summed E-state index contributed by atoms with van der Waals surface area (Å²) in [5.74, 6) is -0.764. The third-order valence-electron chi connectivity index (χ3n) is 4.51. The Balaban J connectivity index is 2.20. The number of benzene rings is 1. The second kappa shape index (κ2) is 7.95. The predicted octanol–water partition coefficient (Wildman–Crippen LogP) is 2.42. The fourth-order valence-corrected chi connectivity index (χ4v) is 3.22. The van der Waals surface area contributed by atoms with E-state index in [0.29, 0.717) is 16.8 Å². The molecule has 0 bridgehead atoms. The van der Waals surface area contributed by atoms with Gasteiger partial charge < -0.3 is 15.4 Å². The molecule has 1 unspecified atom stereocenters. The van der Waals surface area contributed by atoms with Gasteiger partial charge in [0.05, 0.1) is 12.7 Å². The number of hydrogen-bond donors (Lipinski definition) is 2. The number of nitrogens with one attached hydrogen (secondary N) is 2. The van der Waals surface area contributed by atoms with Gasteiger partial charge in [-0.3, -0.25) is 9.59 Å². The van der Waals surface area contributed by atoms with Crippen molar-refractivity contribution in [3.63, 3.8) is 0 Å². The van der Waals surface area contributed by atoms with Crippen LogP contribution in [0.1, 0.15) is 48.5 Å². The number of carbonyl (C=O) groups is 3. The van der Waals surface area contributed by atoms with Crippen molar-refractivity contribution < 1.29 is 19.1 Å². The standard InChI is InChI=1S/C18H24N2O4/c1-11-14(18(23)24-3)9-6-10-15(11)20-17(22)16(19-12(2)21)13-7-4-5-8-13/h6,9-10,13,16H,4-5,7-8H2,1-3H3,(H,19,21)(H,20,22). The highest BCUT2D eigenvalue weighted by Crippen LogP contribution is 2.29. The smallest absolute Gasteiger partial charge is 0.338 e. The third kappa shape index (κ3) is 4.13. The molecule has 2 N–H and O–H groups in total. The molecule has 1 fully saturated rings. The molecule has 6 heteroatoms. The molecule has 130 valence electrons. The fourth-order valence-electron chi connectivity index (χ4n) is 3.22. The lowest BCUT2D eigenvalue weighted by molar-refractivity contribution is -0.126. The molecule has 1 aromatic carbocycles. The van der Waals surface area contributed by atoms with E-state index >= 15 is 0 Å². The minimum absolute atomic E-state index is 0.151. The molecule has 0 spiro atoms. The van der Waals surface area contributed by atoms with E-state index < -0.39 is 12.0 Å². The normalized spacial score (nSPS) is 15.6. The van der Waals surface area contributed by atoms with Gasteiger partial charge in [-0.25, -0.2) is 4.79 Å². The van der Waals surface area contributed by atoms with Crippen LogP contribution in [-0.4, -0.2) is 30.9 Å². The van der Waals surface area contributed by atoms with E-state index in [0.717, 1.165) is 25.7 Å². The van der Waals surface area contributed by atoms with Crippen LogP contribution in [0.25, 0.3) is 0 Å². The van der Waals surface area contributed by atoms with E-state index in [-0.39, 0.29) is 17.7 Å². The molecule has 1 aliphatic carbocycles. The van der Waals surface area contributed by atoms with Crippen molar-refractivity contribution in [2.75, 3.05) is 12.4 Å². The van der Waals surface area contributed by atoms with E-state index in [1.807, 2.05) is 0 Å². The first-order chi connectivity index (χ1) is 11.4. The molecule has 1 aromatic rings. The number of esters is 1. The largest absolute Gasteiger partial charge is 0.465 e. The molecule has 0 aliphatic heterocycles. The highest BCUT2D eigenvalue weighted by atomic mass is 16.5. The van der Waals surface area contributed by atoms with Gasteiger partial charge in [-0.1, -0.05) is 18.9 Å². The number of ether oxygens (including phenoxy) is 1. The summed E-state index contributed by atoms with van der Waals surface area (Å²) in [5.41, 5.74) is 1.61. The molecule has 1 aliphatic rings. The Bertz CT molecular complexity index is 636. The molecule has 0 radical (unpaired) electrons. The number of hydrogen-bond acceptors (Lipinski definition) is 4. The summed E-state index contributed by atoms with van der Waals surface area (Å²) in [5, 5.41) is 5.62. The molecule has 6 nitrogen and oxygen atoms in total. The zero-order valence-electron chi connectivity index (χ0n) is 14.3. The van der Waals surface area contributed by atoms with E-state index in [2.05, 4.69) is 10.6 Å². The Kier molecular flexibility index (Phi) is 5.95. The fraction of sp³-hybridized carbons (Fsp3) is 0.500. The van der Waals surface area contributed by atoms with Gasteiger partial charge in [-0.05, 0) is 43.4 Å². The molecule has 0 aromatic heterocycles. The SMILES string of the molecule is COC(=O)c1cccc(NC(=O)C(NC(C)=O)C2CCCC2)c1C. The lowest BCUT2D eigenvalue weighted by Crippen LogP contribution is -2.47. The van der Waals surface area contributed by atoms with Gasteiger partial charge in [-0.2, -0.15) is 0 Å². The van der Waals surface area contributed by atoms with Crippen LogP contribution in [0.5, 0.6) is 0 Å². The molecule has 0 saturated heterocycles. The van der Waals surface area contributed by atoms with Crippen LogP contribution in [0.15, 0.2) is 18.2 Å². The van der Waals surface area contributed by atoms with Crippen LogP contribution in [-0.2, 0) is 14.3 Å². The summed E-state index contributed by atoms with van der Waals surface area (Å²) in [6.07, 6.45) is 4.01. The molecule has 2 rings (SSSR count). The number of rotatable bonds is 5. The lowest BCUT2D eigenvalue weighted by Gasteiger charge is -2.24. The van der Waals surface area contributed by atoms with Gasteiger partial charge in [0.2, 0.25) is 11.8 Å². The summed E-state index contributed by atoms with van der Waals surface area (Å²) < 4.78 is 4.75. The molecular weight excluding hydrogens is 308 g/mol. The van der Waals surface area contributed by atoms with Gasteiger partial charge in [0, 0.05) is 12.6 Å². The van der Waals surface area contributed by atoms with E-state index in [1.54, 1.807) is 25.1 Å². The van der Waals surface area contributed by atoms with Gasteiger partial charge in [0.15, 0.2) is 0 Å². The van der Waals surface area contributed by atoms with Gasteiger partial charge in [0.1, 0.15) is 6.04 Å². The molecular formula is C18H24N2O4. The van der Waals surface area contributed by atoms with Gasteiger partial charge >= 0.3 is 5.97 Å². The maximum Gasteiger partial charge on any atom is 0.338 e. The maximum absolute atomic E-state index is 12.7. The first-order valence-corrected chi connectivity index (χ1v) is 8.20. The van der Waals surface area contributed by atoms with E-state index in [1.165, 1.54) is 14.0 Å². The summed E-state index contributed by atoms with van der Waals surface area (Å²) in [4.78, 5) is 35.9. The van der Waals surface area contributed by atoms with Crippen molar-refractivity contribution in [2.24, 2.45) is 5.92 Å². The van der Waals surface area contributed by atoms with Crippen LogP contribution in [0, 0.1) is 12.8 Å². The topological polar surface area (TPSA) is 84.5 Å². The minimum atomic E-state index is -0.550. The Labute approximate surface area is 142 Å². The van der Waals surface area contributed by atoms with Crippen molar-refractivity contribution in [3.05, 3.63) is 29.3 Å². The number of methoxy groups -OCH3 is 1. The number of amides is 2. The van der Waals surface area contributed by atoms with E-state index in [9.17, 15) is 14.4 Å². The van der Waals surface area contributed by atoms with Gasteiger partial charge in [-0.15, -0.1) is 0 Å². The summed E-state index contributed by atoms with van der Waals surface area (Å²) in [7, 11) is 1.32. The Morgan fingerprint density at radius 1 is 1.21 bits per heavy atom. The Hall–Kier alpha value is -2.37. The Morgan fingerprint density at radius 3 is 2.46 bits per heavy atom. The Morgan fingerprint density at radius 2 is 1.88 bits per heavy atom. The van der Waals surface area contributed by atoms with Crippen molar-refractivity contribution >= 4 is 23.5 Å². The molecule has 24 heavy (non-hydrogen) atoms. The zero-order valence-corrected chi connectivity index (χ0v) is 14.3. The number of carbonyl (C=O) groups excluding carboxylic acids is 3. The van der Waals surface area contributed by atoms with Crippen LogP contribution >= 0.6 is 0 Å². The highest BCUT2D eigenvalue weighted by molar-refractivity contribution is 6.00. The first kappa shape index (κ1) is 18.0. The summed E-state index contributed by atoms with van der Waals surface area (Å²) in [6, 6.07) is 4.53. The van der Waals surface area contributed by atoms with Crippen molar-refractivity contribution in [1.29, 1.82) is 0 Å². The van der Waals surface area contributed by atoms with Crippen LogP contribution < -0.4 is 10.6 Å². The predicted molar refractivity (Wildman–Crippen MR) is 90.7 cm³/mol. The minimum Gasteiger partial charge on any atom is -0.465 e. The van der Waals surface area contributed by atoms with Gasteiger partial charge in [0.25, 0.3) is 0 Å². The molecule has 1 atom stereocenters. The second-order valence-electron chi connectivity index (χ2n) is 6.18. The van der Waals surface area contributed by atoms with Crippen molar-refractivity contribution in [1.82, 2.24) is 5.32 Å². The zero-order chi connectivity index (χ0) is 17.7. The molecule has 2 amide bonds. The molecule has 1 saturated carbocycles. The summed E-state index contributed by atoms with van der Waals surface area (Å²) >= 11 is 0. The number of anilines is 1. The highest BCUT2D eigenvalue weighted by Gasteiger charge is 2.31. The van der Waals surface area contributed by atoms with E-state index in [4.69, 9.17) is 4.74 Å². The average molecular weight is 332 g/mol. The summed E-state index contributed by atoms with van der Waals surface area (Å²) in [6.45, 7) is 3.17. The second-order valence-corrected chi connectivity index (χ2v) is 6.18. The molecule has 0 heterocycles. The van der Waals surface area contributed by atoms with Crippen LogP contribution in [0.2, 0.25) is 0 Å². The first-order valence-electron chi connectivity index (χ1n) is 8.20. The average Bonchev–Trinajstić information content (AvgIpc) is 3.07. The third-order valence-corrected chi connectivity index (χ3v) is 4.51. The van der Waals surface area contributed by atoms with Crippen LogP contribution in [0.3, 0.4) is 0 Å². The van der Waals surface area contributed by atoms with Crippen molar-refractivity contribution in [3.8, 4) is 0 Å². The van der Waals surface area contributed by atoms with Crippen molar-refractivity contribution in [2.45, 2.75) is 45.6 Å². The quantitative estimate of drug-likeness (QED) is 0.811. The monoisotopic (exact) mass is 332 g/mol.